The quantitative estimate of drug-likeness (QED) is 0.671. The van der Waals surface area contributed by atoms with Crippen molar-refractivity contribution in [3.8, 4) is 5.75 Å². The van der Waals surface area contributed by atoms with Gasteiger partial charge in [-0.3, -0.25) is 9.59 Å². The van der Waals surface area contributed by atoms with E-state index in [1.165, 1.54) is 7.11 Å². The number of anilines is 2. The summed E-state index contributed by atoms with van der Waals surface area (Å²) in [6, 6.07) is 11.3. The van der Waals surface area contributed by atoms with E-state index >= 15 is 0 Å². The second kappa shape index (κ2) is 8.96. The van der Waals surface area contributed by atoms with Crippen molar-refractivity contribution in [3.63, 3.8) is 0 Å². The van der Waals surface area contributed by atoms with E-state index in [0.29, 0.717) is 21.5 Å². The van der Waals surface area contributed by atoms with Crippen LogP contribution in [-0.2, 0) is 4.79 Å². The molecule has 2 aromatic carbocycles. The summed E-state index contributed by atoms with van der Waals surface area (Å²) in [5.74, 6) is 0.356. The van der Waals surface area contributed by atoms with E-state index in [4.69, 9.17) is 4.74 Å². The summed E-state index contributed by atoms with van der Waals surface area (Å²) in [7, 11) is 1.53. The SMILES string of the molecule is COc1c(Br)cc(Br)cc1C(=O)Nc1ccc(N2CCN(C(C)=O)CC2)cc1. The molecule has 6 nitrogen and oxygen atoms in total. The number of ether oxygens (including phenoxy) is 1. The molecule has 0 unspecified atom stereocenters. The number of nitrogens with one attached hydrogen (secondary N) is 1. The van der Waals surface area contributed by atoms with Crippen LogP contribution in [0, 0.1) is 0 Å². The predicted molar refractivity (Wildman–Crippen MR) is 117 cm³/mol. The molecule has 2 amide bonds. The van der Waals surface area contributed by atoms with Crippen LogP contribution in [-0.4, -0.2) is 50.0 Å². The van der Waals surface area contributed by atoms with Gasteiger partial charge in [0.1, 0.15) is 5.75 Å². The molecule has 0 saturated carbocycles. The minimum atomic E-state index is -0.248. The molecule has 0 spiro atoms. The molecule has 0 radical (unpaired) electrons. The van der Waals surface area contributed by atoms with Crippen molar-refractivity contribution >= 4 is 55.0 Å². The zero-order valence-corrected chi connectivity index (χ0v) is 18.8. The van der Waals surface area contributed by atoms with Gasteiger partial charge < -0.3 is 19.9 Å². The second-order valence-electron chi connectivity index (χ2n) is 6.46. The van der Waals surface area contributed by atoms with Crippen molar-refractivity contribution in [1.29, 1.82) is 0 Å². The fraction of sp³-hybridized carbons (Fsp3) is 0.300. The molecule has 8 heteroatoms. The maximum Gasteiger partial charge on any atom is 0.259 e. The zero-order valence-electron chi connectivity index (χ0n) is 15.7. The van der Waals surface area contributed by atoms with Crippen LogP contribution >= 0.6 is 31.9 Å². The number of hydrogen-bond acceptors (Lipinski definition) is 4. The van der Waals surface area contributed by atoms with Crippen molar-refractivity contribution in [2.75, 3.05) is 43.5 Å². The number of piperazine rings is 1. The van der Waals surface area contributed by atoms with E-state index in [1.807, 2.05) is 35.2 Å². The number of nitrogens with zero attached hydrogens (tertiary/aromatic N) is 2. The second-order valence-corrected chi connectivity index (χ2v) is 8.23. The highest BCUT2D eigenvalue weighted by Crippen LogP contribution is 2.33. The molecule has 1 aliphatic heterocycles. The Labute approximate surface area is 181 Å². The summed E-state index contributed by atoms with van der Waals surface area (Å²) in [6.07, 6.45) is 0. The van der Waals surface area contributed by atoms with Gasteiger partial charge in [0.25, 0.3) is 5.91 Å². The van der Waals surface area contributed by atoms with Gasteiger partial charge >= 0.3 is 0 Å². The maximum atomic E-state index is 12.7. The van der Waals surface area contributed by atoms with Crippen LogP contribution in [0.25, 0.3) is 0 Å². The Morgan fingerprint density at radius 2 is 1.68 bits per heavy atom. The Bertz CT molecular complexity index is 879. The van der Waals surface area contributed by atoms with Crippen LogP contribution in [0.1, 0.15) is 17.3 Å². The first-order valence-corrected chi connectivity index (χ1v) is 10.4. The van der Waals surface area contributed by atoms with Gasteiger partial charge in [-0.25, -0.2) is 0 Å². The van der Waals surface area contributed by atoms with Gasteiger partial charge in [-0.15, -0.1) is 0 Å². The van der Waals surface area contributed by atoms with Gasteiger partial charge in [0, 0.05) is 49.0 Å². The zero-order chi connectivity index (χ0) is 20.3. The first-order chi connectivity index (χ1) is 13.4. The number of rotatable bonds is 4. The van der Waals surface area contributed by atoms with Gasteiger partial charge in [-0.2, -0.15) is 0 Å². The Kier molecular flexibility index (Phi) is 6.61. The van der Waals surface area contributed by atoms with Crippen molar-refractivity contribution in [2.24, 2.45) is 0 Å². The Hall–Kier alpha value is -2.06. The average molecular weight is 511 g/mol. The molecule has 1 aliphatic rings. The third-order valence-electron chi connectivity index (χ3n) is 4.67. The summed E-state index contributed by atoms with van der Waals surface area (Å²) in [6.45, 7) is 4.66. The van der Waals surface area contributed by atoms with Gasteiger partial charge in [0.15, 0.2) is 0 Å². The molecule has 148 valence electrons. The van der Waals surface area contributed by atoms with Crippen molar-refractivity contribution < 1.29 is 14.3 Å². The molecule has 1 fully saturated rings. The molecule has 1 saturated heterocycles. The van der Waals surface area contributed by atoms with E-state index in [1.54, 1.807) is 13.0 Å². The molecule has 2 aromatic rings. The monoisotopic (exact) mass is 509 g/mol. The largest absolute Gasteiger partial charge is 0.495 e. The summed E-state index contributed by atoms with van der Waals surface area (Å²) >= 11 is 6.81. The fourth-order valence-corrected chi connectivity index (χ4v) is 4.56. The molecule has 0 atom stereocenters. The number of carbonyl (C=O) groups is 2. The predicted octanol–water partition coefficient (Wildman–Crippen LogP) is 4.14. The minimum Gasteiger partial charge on any atom is -0.495 e. The first-order valence-electron chi connectivity index (χ1n) is 8.84. The summed E-state index contributed by atoms with van der Waals surface area (Å²) in [5, 5.41) is 2.91. The van der Waals surface area contributed by atoms with Gasteiger partial charge in [0.2, 0.25) is 5.91 Å². The van der Waals surface area contributed by atoms with Crippen molar-refractivity contribution in [2.45, 2.75) is 6.92 Å². The van der Waals surface area contributed by atoms with Gasteiger partial charge in [0.05, 0.1) is 17.1 Å². The molecule has 0 bridgehead atoms. The smallest absolute Gasteiger partial charge is 0.259 e. The Morgan fingerprint density at radius 1 is 1.04 bits per heavy atom. The van der Waals surface area contributed by atoms with Crippen molar-refractivity contribution in [1.82, 2.24) is 4.90 Å². The molecule has 0 aromatic heterocycles. The van der Waals surface area contributed by atoms with E-state index in [-0.39, 0.29) is 11.8 Å². The third-order valence-corrected chi connectivity index (χ3v) is 5.72. The number of halogens is 2. The van der Waals surface area contributed by atoms with Crippen LogP contribution in [0.3, 0.4) is 0 Å². The lowest BCUT2D eigenvalue weighted by Crippen LogP contribution is -2.48. The van der Waals surface area contributed by atoms with E-state index in [9.17, 15) is 9.59 Å². The molecular weight excluding hydrogens is 490 g/mol. The molecule has 0 aliphatic carbocycles. The average Bonchev–Trinajstić information content (AvgIpc) is 2.68. The number of hydrogen-bond donors (Lipinski definition) is 1. The highest BCUT2D eigenvalue weighted by Gasteiger charge is 2.19. The minimum absolute atomic E-state index is 0.118. The molecule has 1 N–H and O–H groups in total. The highest BCUT2D eigenvalue weighted by molar-refractivity contribution is 9.11. The lowest BCUT2D eigenvalue weighted by molar-refractivity contribution is -0.129. The standard InChI is InChI=1S/C20H21Br2N3O3/c1-13(26)24-7-9-25(10-8-24)16-5-3-15(4-6-16)23-20(27)17-11-14(21)12-18(22)19(17)28-2/h3-6,11-12H,7-10H2,1-2H3,(H,23,27). The normalized spacial score (nSPS) is 14.0. The Morgan fingerprint density at radius 3 is 2.25 bits per heavy atom. The maximum absolute atomic E-state index is 12.7. The summed E-state index contributed by atoms with van der Waals surface area (Å²) in [5.41, 5.74) is 2.21. The Balaban J connectivity index is 1.68. The van der Waals surface area contributed by atoms with Crippen molar-refractivity contribution in [3.05, 3.63) is 50.9 Å². The first kappa shape index (κ1) is 20.7. The molecule has 28 heavy (non-hydrogen) atoms. The van der Waals surface area contributed by atoms with Crippen LogP contribution in [0.2, 0.25) is 0 Å². The van der Waals surface area contributed by atoms with Crippen LogP contribution < -0.4 is 15.0 Å². The lowest BCUT2D eigenvalue weighted by Gasteiger charge is -2.35. The number of methoxy groups -OCH3 is 1. The van der Waals surface area contributed by atoms with E-state index < -0.39 is 0 Å². The molecule has 1 heterocycles. The van der Waals surface area contributed by atoms with E-state index in [0.717, 1.165) is 36.3 Å². The summed E-state index contributed by atoms with van der Waals surface area (Å²) < 4.78 is 6.84. The number of carbonyl (C=O) groups excluding carboxylic acids is 2. The van der Waals surface area contributed by atoms with Gasteiger partial charge in [-0.1, -0.05) is 15.9 Å². The fourth-order valence-electron chi connectivity index (χ4n) is 3.17. The number of amides is 2. The lowest BCUT2D eigenvalue weighted by atomic mass is 10.1. The topological polar surface area (TPSA) is 61.9 Å². The van der Waals surface area contributed by atoms with Crippen LogP contribution in [0.4, 0.5) is 11.4 Å². The van der Waals surface area contributed by atoms with Crippen LogP contribution in [0.15, 0.2) is 45.3 Å². The highest BCUT2D eigenvalue weighted by atomic mass is 79.9. The third kappa shape index (κ3) is 4.67. The summed E-state index contributed by atoms with van der Waals surface area (Å²) in [4.78, 5) is 28.2. The van der Waals surface area contributed by atoms with Gasteiger partial charge in [-0.05, 0) is 52.3 Å². The molecule has 3 rings (SSSR count). The van der Waals surface area contributed by atoms with E-state index in [2.05, 4.69) is 42.1 Å². The number of benzene rings is 2. The molecular formula is C20H21Br2N3O3. The van der Waals surface area contributed by atoms with Crippen LogP contribution in [0.5, 0.6) is 5.75 Å².